The Hall–Kier alpha value is -5.01. The lowest BCUT2D eigenvalue weighted by Crippen LogP contribution is -2.28. The van der Waals surface area contributed by atoms with Crippen molar-refractivity contribution >= 4 is 23.6 Å². The summed E-state index contributed by atoms with van der Waals surface area (Å²) in [6, 6.07) is 15.0. The molecule has 0 aromatic heterocycles. The number of benzene rings is 2. The molecule has 0 aliphatic rings. The summed E-state index contributed by atoms with van der Waals surface area (Å²) in [6.07, 6.45) is 37.4. The average Bonchev–Trinajstić information content (AvgIpc) is 2.99. The molecular formula is C40H41N. The van der Waals surface area contributed by atoms with Crippen molar-refractivity contribution in [3.8, 4) is 0 Å². The Morgan fingerprint density at radius 1 is 0.683 bits per heavy atom. The highest BCUT2D eigenvalue weighted by molar-refractivity contribution is 5.86. The van der Waals surface area contributed by atoms with Crippen LogP contribution in [0.1, 0.15) is 25.0 Å². The van der Waals surface area contributed by atoms with Gasteiger partial charge in [0.2, 0.25) is 0 Å². The van der Waals surface area contributed by atoms with Gasteiger partial charge in [0, 0.05) is 6.21 Å². The van der Waals surface area contributed by atoms with Gasteiger partial charge < -0.3 is 0 Å². The normalized spacial score (nSPS) is 14.7. The van der Waals surface area contributed by atoms with Gasteiger partial charge in [-0.2, -0.15) is 0 Å². The second-order valence-electron chi connectivity index (χ2n) is 8.91. The fourth-order valence-corrected chi connectivity index (χ4v) is 4.00. The van der Waals surface area contributed by atoms with Crippen molar-refractivity contribution in [2.45, 2.75) is 20.8 Å². The summed E-state index contributed by atoms with van der Waals surface area (Å²) in [4.78, 5) is 4.55. The molecule has 1 heteroatoms. The van der Waals surface area contributed by atoms with E-state index in [-0.39, 0.29) is 0 Å². The molecule has 0 spiro atoms. The second-order valence-corrected chi connectivity index (χ2v) is 8.91. The molecule has 0 fully saturated rings. The van der Waals surface area contributed by atoms with Crippen LogP contribution in [-0.2, 0) is 0 Å². The van der Waals surface area contributed by atoms with Crippen LogP contribution in [0.15, 0.2) is 182 Å². The molecule has 0 unspecified atom stereocenters. The van der Waals surface area contributed by atoms with Crippen molar-refractivity contribution in [1.29, 1.82) is 0 Å². The number of rotatable bonds is 13. The van der Waals surface area contributed by atoms with E-state index in [2.05, 4.69) is 105 Å². The van der Waals surface area contributed by atoms with E-state index in [1.807, 2.05) is 73.7 Å². The van der Waals surface area contributed by atoms with Crippen molar-refractivity contribution in [1.82, 2.24) is 0 Å². The number of hydrogen-bond donors (Lipinski definition) is 0. The lowest BCUT2D eigenvalue weighted by atomic mass is 9.88. The SMILES string of the molecule is C=C/C=C\C=Nc1ccc(C(/C(=C/C=C\C=C)C(/C=C\C=C\C=C/C=C)=C/C=C/C)=c2\ccc(C)c\c2=C\C)cc1. The summed E-state index contributed by atoms with van der Waals surface area (Å²) >= 11 is 0. The van der Waals surface area contributed by atoms with E-state index >= 15 is 0 Å². The summed E-state index contributed by atoms with van der Waals surface area (Å²) in [6.45, 7) is 17.5. The predicted molar refractivity (Wildman–Crippen MR) is 185 cm³/mol. The fourth-order valence-electron chi connectivity index (χ4n) is 4.00. The lowest BCUT2D eigenvalue weighted by molar-refractivity contribution is 1.36. The molecule has 0 saturated carbocycles. The maximum absolute atomic E-state index is 4.55. The summed E-state index contributed by atoms with van der Waals surface area (Å²) in [5.41, 5.74) is 6.49. The Morgan fingerprint density at radius 2 is 1.34 bits per heavy atom. The van der Waals surface area contributed by atoms with Gasteiger partial charge in [-0.1, -0.05) is 159 Å². The quantitative estimate of drug-likeness (QED) is 0.179. The Morgan fingerprint density at radius 3 is 2.02 bits per heavy atom. The van der Waals surface area contributed by atoms with Crippen LogP contribution in [0.5, 0.6) is 0 Å². The zero-order chi connectivity index (χ0) is 29.7. The van der Waals surface area contributed by atoms with E-state index < -0.39 is 0 Å². The van der Waals surface area contributed by atoms with Crippen LogP contribution in [0, 0.1) is 6.92 Å². The van der Waals surface area contributed by atoms with Crippen LogP contribution in [-0.4, -0.2) is 6.21 Å². The fraction of sp³-hybridized carbons (Fsp3) is 0.0750. The molecule has 2 aromatic rings. The number of aliphatic imine (C=N–C) groups is 1. The maximum atomic E-state index is 4.55. The minimum absolute atomic E-state index is 0.882. The van der Waals surface area contributed by atoms with Gasteiger partial charge >= 0.3 is 0 Å². The first-order valence-corrected chi connectivity index (χ1v) is 13.7. The highest BCUT2D eigenvalue weighted by Gasteiger charge is 2.13. The van der Waals surface area contributed by atoms with Crippen molar-refractivity contribution in [2.24, 2.45) is 4.99 Å². The van der Waals surface area contributed by atoms with Crippen molar-refractivity contribution in [3.05, 3.63) is 198 Å². The third kappa shape index (κ3) is 10.9. The molecule has 1 nitrogen and oxygen atoms in total. The highest BCUT2D eigenvalue weighted by atomic mass is 14.7. The minimum atomic E-state index is 0.882. The topological polar surface area (TPSA) is 12.4 Å². The molecule has 2 rings (SSSR count). The maximum Gasteiger partial charge on any atom is 0.0630 e. The minimum Gasteiger partial charge on any atom is -0.257 e. The lowest BCUT2D eigenvalue weighted by Gasteiger charge is -2.16. The van der Waals surface area contributed by atoms with E-state index in [4.69, 9.17) is 0 Å². The molecule has 41 heavy (non-hydrogen) atoms. The van der Waals surface area contributed by atoms with Gasteiger partial charge in [-0.15, -0.1) is 0 Å². The third-order valence-corrected chi connectivity index (χ3v) is 5.92. The van der Waals surface area contributed by atoms with Crippen LogP contribution < -0.4 is 10.4 Å². The Balaban J connectivity index is 2.93. The number of allylic oxidation sites excluding steroid dienone is 19. The van der Waals surface area contributed by atoms with Gasteiger partial charge in [0.05, 0.1) is 5.69 Å². The van der Waals surface area contributed by atoms with Gasteiger partial charge in [0.25, 0.3) is 0 Å². The van der Waals surface area contributed by atoms with Crippen molar-refractivity contribution in [2.75, 3.05) is 0 Å². The van der Waals surface area contributed by atoms with Crippen LogP contribution >= 0.6 is 0 Å². The monoisotopic (exact) mass is 535 g/mol. The van der Waals surface area contributed by atoms with Gasteiger partial charge in [0.1, 0.15) is 0 Å². The van der Waals surface area contributed by atoms with Crippen LogP contribution in [0.4, 0.5) is 5.69 Å². The predicted octanol–water partition coefficient (Wildman–Crippen LogP) is 9.46. The molecule has 0 amide bonds. The first-order chi connectivity index (χ1) is 20.1. The second kappa shape index (κ2) is 19.1. The molecule has 2 aromatic carbocycles. The molecule has 0 N–H and O–H groups in total. The van der Waals surface area contributed by atoms with E-state index in [9.17, 15) is 0 Å². The Bertz CT molecular complexity index is 1570. The first kappa shape index (κ1) is 32.2. The zero-order valence-electron chi connectivity index (χ0n) is 24.6. The summed E-state index contributed by atoms with van der Waals surface area (Å²) < 4.78 is 0. The van der Waals surface area contributed by atoms with Crippen LogP contribution in [0.2, 0.25) is 0 Å². The van der Waals surface area contributed by atoms with E-state index in [0.29, 0.717) is 0 Å². The number of hydrogen-bond acceptors (Lipinski definition) is 1. The Labute approximate surface area is 247 Å². The van der Waals surface area contributed by atoms with Gasteiger partial charge in [0.15, 0.2) is 0 Å². The van der Waals surface area contributed by atoms with E-state index in [0.717, 1.165) is 33.2 Å². The smallest absolute Gasteiger partial charge is 0.0630 e. The summed E-state index contributed by atoms with van der Waals surface area (Å²) in [5, 5.41) is 2.34. The molecule has 0 atom stereocenters. The standard InChI is InChI=1S/C40H41N/c1-7-12-16-17-18-20-23-35(22-15-10-4)38(24-19-13-8-2)40(39-30-25-33(6)32-34(39)11-5)36-26-28-37(29-27-36)41-31-21-14-9-3/h7-32H,1-3H2,4-6H3/b15-10+,16-12-,18-17+,19-13-,21-14-,23-20-,34-11-,35-22+,38-24+,40-39-,41-31?. The highest BCUT2D eigenvalue weighted by Crippen LogP contribution is 2.29. The van der Waals surface area contributed by atoms with Gasteiger partial charge in [-0.25, -0.2) is 0 Å². The van der Waals surface area contributed by atoms with E-state index in [1.54, 1.807) is 24.4 Å². The van der Waals surface area contributed by atoms with Gasteiger partial charge in [-0.05, 0) is 71.7 Å². The molecule has 206 valence electrons. The Kier molecular flexibility index (Phi) is 15.0. The molecule has 0 radical (unpaired) electrons. The van der Waals surface area contributed by atoms with Crippen molar-refractivity contribution < 1.29 is 0 Å². The molecule has 0 aliphatic heterocycles. The molecule has 0 saturated heterocycles. The summed E-state index contributed by atoms with van der Waals surface area (Å²) in [5.74, 6) is 0. The molecular weight excluding hydrogens is 494 g/mol. The van der Waals surface area contributed by atoms with Crippen LogP contribution in [0.3, 0.4) is 0 Å². The molecule has 0 bridgehead atoms. The zero-order valence-corrected chi connectivity index (χ0v) is 24.6. The number of nitrogens with zero attached hydrogens (tertiary/aromatic N) is 1. The van der Waals surface area contributed by atoms with E-state index in [1.165, 1.54) is 10.8 Å². The van der Waals surface area contributed by atoms with Gasteiger partial charge in [-0.3, -0.25) is 4.99 Å². The summed E-state index contributed by atoms with van der Waals surface area (Å²) in [7, 11) is 0. The first-order valence-electron chi connectivity index (χ1n) is 13.7. The number of aryl methyl sites for hydroxylation is 1. The average molecular weight is 536 g/mol. The third-order valence-electron chi connectivity index (χ3n) is 5.92. The molecule has 0 aliphatic carbocycles. The molecule has 0 heterocycles. The largest absolute Gasteiger partial charge is 0.257 e. The van der Waals surface area contributed by atoms with Crippen LogP contribution in [0.25, 0.3) is 11.6 Å². The van der Waals surface area contributed by atoms with Crippen molar-refractivity contribution in [3.63, 3.8) is 0 Å².